The van der Waals surface area contributed by atoms with E-state index in [-0.39, 0.29) is 29.6 Å². The highest BCUT2D eigenvalue weighted by Gasteiger charge is 2.19. The minimum atomic E-state index is -0.683. The van der Waals surface area contributed by atoms with Gasteiger partial charge in [-0.15, -0.1) is 11.3 Å². The monoisotopic (exact) mass is 309 g/mol. The van der Waals surface area contributed by atoms with Crippen molar-refractivity contribution in [2.24, 2.45) is 0 Å². The molecule has 5 heteroatoms. The quantitative estimate of drug-likeness (QED) is 0.852. The third-order valence-electron chi connectivity index (χ3n) is 3.10. The van der Waals surface area contributed by atoms with Crippen LogP contribution >= 0.6 is 11.3 Å². The normalized spacial score (nSPS) is 11.7. The summed E-state index contributed by atoms with van der Waals surface area (Å²) in [5.41, 5.74) is 0.678. The molecular formula is C16H17F2NOS. The van der Waals surface area contributed by atoms with Gasteiger partial charge in [0.05, 0.1) is 12.1 Å². The minimum absolute atomic E-state index is 0.0740. The van der Waals surface area contributed by atoms with Crippen molar-refractivity contribution in [1.82, 2.24) is 4.98 Å². The highest BCUT2D eigenvalue weighted by atomic mass is 32.1. The lowest BCUT2D eigenvalue weighted by Crippen LogP contribution is -2.13. The summed E-state index contributed by atoms with van der Waals surface area (Å²) in [5.74, 6) is -1.61. The summed E-state index contributed by atoms with van der Waals surface area (Å²) < 4.78 is 27.0. The fraction of sp³-hybridized carbons (Fsp3) is 0.375. The molecule has 0 atom stereocenters. The number of Topliss-reactive ketones (excluding diaryl/α,β-unsaturated/α-hetero) is 1. The Morgan fingerprint density at radius 1 is 1.19 bits per heavy atom. The number of thiazole rings is 1. The van der Waals surface area contributed by atoms with Crippen molar-refractivity contribution in [3.63, 3.8) is 0 Å². The lowest BCUT2D eigenvalue weighted by atomic mass is 9.93. The molecule has 2 rings (SSSR count). The van der Waals surface area contributed by atoms with E-state index in [1.807, 2.05) is 26.2 Å². The second-order valence-corrected chi connectivity index (χ2v) is 6.91. The number of hydrogen-bond donors (Lipinski definition) is 0. The molecule has 0 N–H and O–H groups in total. The van der Waals surface area contributed by atoms with E-state index in [1.54, 1.807) is 0 Å². The fourth-order valence-corrected chi connectivity index (χ4v) is 2.92. The van der Waals surface area contributed by atoms with Crippen LogP contribution in [0.1, 0.15) is 37.0 Å². The van der Waals surface area contributed by atoms with Crippen molar-refractivity contribution in [1.29, 1.82) is 0 Å². The first-order valence-corrected chi connectivity index (χ1v) is 7.55. The third-order valence-corrected chi connectivity index (χ3v) is 3.95. The molecule has 21 heavy (non-hydrogen) atoms. The number of hydrogen-bond acceptors (Lipinski definition) is 3. The average Bonchev–Trinajstić information content (AvgIpc) is 2.82. The van der Waals surface area contributed by atoms with E-state index in [0.29, 0.717) is 5.01 Å². The van der Waals surface area contributed by atoms with E-state index < -0.39 is 11.6 Å². The zero-order chi connectivity index (χ0) is 15.6. The third kappa shape index (κ3) is 3.94. The zero-order valence-electron chi connectivity index (χ0n) is 12.2. The molecule has 2 nitrogen and oxygen atoms in total. The summed E-state index contributed by atoms with van der Waals surface area (Å²) in [6, 6.07) is 3.61. The van der Waals surface area contributed by atoms with E-state index in [1.165, 1.54) is 17.4 Å². The number of halogens is 2. The van der Waals surface area contributed by atoms with Crippen LogP contribution in [0.5, 0.6) is 0 Å². The largest absolute Gasteiger partial charge is 0.299 e. The van der Waals surface area contributed by atoms with Crippen LogP contribution in [0.4, 0.5) is 8.78 Å². The summed E-state index contributed by atoms with van der Waals surface area (Å²) in [4.78, 5) is 16.4. The molecule has 0 aliphatic carbocycles. The summed E-state index contributed by atoms with van der Waals surface area (Å²) in [5, 5.41) is 2.61. The van der Waals surface area contributed by atoms with Gasteiger partial charge in [-0.1, -0.05) is 26.8 Å². The molecule has 1 aromatic heterocycles. The Kier molecular flexibility index (Phi) is 4.52. The van der Waals surface area contributed by atoms with Crippen LogP contribution in [-0.4, -0.2) is 10.8 Å². The molecule has 0 bridgehead atoms. The van der Waals surface area contributed by atoms with Gasteiger partial charge >= 0.3 is 0 Å². The Labute approximate surface area is 126 Å². The van der Waals surface area contributed by atoms with Gasteiger partial charge in [0, 0.05) is 22.8 Å². The van der Waals surface area contributed by atoms with Crippen molar-refractivity contribution >= 4 is 17.1 Å². The van der Waals surface area contributed by atoms with E-state index in [9.17, 15) is 13.6 Å². The number of carbonyl (C=O) groups is 1. The van der Waals surface area contributed by atoms with Crippen LogP contribution in [0.15, 0.2) is 23.6 Å². The molecule has 0 fully saturated rings. The minimum Gasteiger partial charge on any atom is -0.299 e. The lowest BCUT2D eigenvalue weighted by molar-refractivity contribution is -0.117. The Hall–Kier alpha value is -1.62. The number of carbonyl (C=O) groups excluding carboxylic acids is 1. The molecule has 0 spiro atoms. The Bertz CT molecular complexity index is 638. The van der Waals surface area contributed by atoms with Gasteiger partial charge in [-0.2, -0.15) is 0 Å². The standard InChI is InChI=1S/C16H17F2NOS/c1-16(2,3)14-9-21-15(19-14)8-10(20)7-11-12(17)5-4-6-13(11)18/h4-6,9H,7-8H2,1-3H3. The highest BCUT2D eigenvalue weighted by molar-refractivity contribution is 7.09. The first-order chi connectivity index (χ1) is 9.77. The van der Waals surface area contributed by atoms with Gasteiger partial charge in [-0.05, 0) is 12.1 Å². The maximum atomic E-state index is 13.5. The average molecular weight is 309 g/mol. The van der Waals surface area contributed by atoms with Crippen LogP contribution in [0.2, 0.25) is 0 Å². The fourth-order valence-electron chi connectivity index (χ4n) is 1.87. The van der Waals surface area contributed by atoms with Crippen molar-refractivity contribution in [3.05, 3.63) is 51.5 Å². The van der Waals surface area contributed by atoms with Gasteiger partial charge < -0.3 is 0 Å². The Morgan fingerprint density at radius 3 is 2.33 bits per heavy atom. The van der Waals surface area contributed by atoms with Gasteiger partial charge in [-0.25, -0.2) is 13.8 Å². The molecular weight excluding hydrogens is 292 g/mol. The highest BCUT2D eigenvalue weighted by Crippen LogP contribution is 2.24. The second-order valence-electron chi connectivity index (χ2n) is 5.97. The van der Waals surface area contributed by atoms with Crippen LogP contribution in [0.3, 0.4) is 0 Å². The smallest absolute Gasteiger partial charge is 0.144 e. The maximum Gasteiger partial charge on any atom is 0.144 e. The topological polar surface area (TPSA) is 30.0 Å². The van der Waals surface area contributed by atoms with Crippen LogP contribution in [0.25, 0.3) is 0 Å². The molecule has 0 aliphatic rings. The number of benzene rings is 1. The van der Waals surface area contributed by atoms with Gasteiger partial charge in [0.15, 0.2) is 0 Å². The van der Waals surface area contributed by atoms with Crippen molar-refractivity contribution < 1.29 is 13.6 Å². The lowest BCUT2D eigenvalue weighted by Gasteiger charge is -2.14. The molecule has 0 aliphatic heterocycles. The van der Waals surface area contributed by atoms with E-state index in [0.717, 1.165) is 17.8 Å². The summed E-state index contributed by atoms with van der Waals surface area (Å²) >= 11 is 1.40. The number of rotatable bonds is 4. The van der Waals surface area contributed by atoms with Crippen molar-refractivity contribution in [3.8, 4) is 0 Å². The van der Waals surface area contributed by atoms with Gasteiger partial charge in [0.25, 0.3) is 0 Å². The van der Waals surface area contributed by atoms with Crippen LogP contribution in [0, 0.1) is 11.6 Å². The second kappa shape index (κ2) is 6.02. The first-order valence-electron chi connectivity index (χ1n) is 6.67. The SMILES string of the molecule is CC(C)(C)c1csc(CC(=O)Cc2c(F)cccc2F)n1. The number of ketones is 1. The molecule has 0 saturated heterocycles. The van der Waals surface area contributed by atoms with E-state index >= 15 is 0 Å². The summed E-state index contributed by atoms with van der Waals surface area (Å²) in [6.45, 7) is 6.13. The molecule has 0 saturated carbocycles. The molecule has 2 aromatic rings. The molecule has 1 heterocycles. The van der Waals surface area contributed by atoms with Gasteiger partial charge in [0.1, 0.15) is 22.4 Å². The van der Waals surface area contributed by atoms with E-state index in [2.05, 4.69) is 4.98 Å². The predicted octanol–water partition coefficient (Wildman–Crippen LogP) is 4.07. The van der Waals surface area contributed by atoms with E-state index in [4.69, 9.17) is 0 Å². The van der Waals surface area contributed by atoms with Crippen LogP contribution < -0.4 is 0 Å². The van der Waals surface area contributed by atoms with Gasteiger partial charge in [0.2, 0.25) is 0 Å². The van der Waals surface area contributed by atoms with Gasteiger partial charge in [-0.3, -0.25) is 4.79 Å². The molecule has 0 unspecified atom stereocenters. The maximum absolute atomic E-state index is 13.5. The Morgan fingerprint density at radius 2 is 1.81 bits per heavy atom. The van der Waals surface area contributed by atoms with Crippen molar-refractivity contribution in [2.75, 3.05) is 0 Å². The zero-order valence-corrected chi connectivity index (χ0v) is 13.1. The first kappa shape index (κ1) is 15.8. The number of nitrogens with zero attached hydrogens (tertiary/aromatic N) is 1. The van der Waals surface area contributed by atoms with Crippen LogP contribution in [-0.2, 0) is 23.1 Å². The predicted molar refractivity (Wildman–Crippen MR) is 79.6 cm³/mol. The Balaban J connectivity index is 2.07. The molecule has 0 radical (unpaired) electrons. The number of aromatic nitrogens is 1. The molecule has 0 amide bonds. The van der Waals surface area contributed by atoms with Crippen molar-refractivity contribution in [2.45, 2.75) is 39.0 Å². The summed E-state index contributed by atoms with van der Waals surface area (Å²) in [7, 11) is 0. The summed E-state index contributed by atoms with van der Waals surface area (Å²) in [6.07, 6.45) is -0.141. The molecule has 1 aromatic carbocycles. The molecule has 112 valence electrons.